The largest absolute Gasteiger partial charge is 0.398 e. The van der Waals surface area contributed by atoms with Gasteiger partial charge in [-0.2, -0.15) is 0 Å². The Hall–Kier alpha value is -1.09. The van der Waals surface area contributed by atoms with Gasteiger partial charge in [0.2, 0.25) is 0 Å². The number of nitrogen functional groups attached to an aromatic ring is 1. The van der Waals surface area contributed by atoms with Crippen LogP contribution in [-0.2, 0) is 6.42 Å². The Morgan fingerprint density at radius 2 is 2.12 bits per heavy atom. The summed E-state index contributed by atoms with van der Waals surface area (Å²) in [6, 6.07) is 2.43. The molecule has 0 spiro atoms. The zero-order valence-electron chi connectivity index (χ0n) is 10.5. The van der Waals surface area contributed by atoms with Gasteiger partial charge >= 0.3 is 0 Å². The fraction of sp³-hybridized carbons (Fsp3) is 0.615. The predicted molar refractivity (Wildman–Crippen MR) is 69.3 cm³/mol. The van der Waals surface area contributed by atoms with E-state index in [4.69, 9.17) is 5.73 Å². The quantitative estimate of drug-likeness (QED) is 0.774. The monoisotopic (exact) mass is 221 g/mol. The number of pyridine rings is 1. The van der Waals surface area contributed by atoms with E-state index in [9.17, 15) is 0 Å². The molecule has 0 aliphatic heterocycles. The van der Waals surface area contributed by atoms with Gasteiger partial charge in [-0.25, -0.2) is 0 Å². The molecule has 1 aromatic rings. The summed E-state index contributed by atoms with van der Waals surface area (Å²) in [6.45, 7) is 7.68. The van der Waals surface area contributed by atoms with Crippen molar-refractivity contribution in [3.8, 4) is 0 Å². The van der Waals surface area contributed by atoms with Crippen LogP contribution in [0.25, 0.3) is 0 Å². The van der Waals surface area contributed by atoms with Gasteiger partial charge in [-0.3, -0.25) is 4.98 Å². The van der Waals surface area contributed by atoms with Crippen LogP contribution in [0.5, 0.6) is 0 Å². The van der Waals surface area contributed by atoms with Crippen LogP contribution in [0.2, 0.25) is 0 Å². The Morgan fingerprint density at radius 3 is 2.75 bits per heavy atom. The molecule has 0 aliphatic rings. The Kier molecular flexibility index (Phi) is 5.26. The lowest BCUT2D eigenvalue weighted by Crippen LogP contribution is -2.28. The first kappa shape index (κ1) is 13.0. The summed E-state index contributed by atoms with van der Waals surface area (Å²) in [5.74, 6) is 0.669. The number of nitrogens with one attached hydrogen (secondary N) is 1. The van der Waals surface area contributed by atoms with Gasteiger partial charge < -0.3 is 11.1 Å². The average molecular weight is 221 g/mol. The maximum absolute atomic E-state index is 5.87. The molecule has 1 rings (SSSR count). The summed E-state index contributed by atoms with van der Waals surface area (Å²) in [5.41, 5.74) is 7.90. The number of nitrogens with zero attached hydrogens (tertiary/aromatic N) is 1. The van der Waals surface area contributed by atoms with Crippen molar-refractivity contribution in [3.05, 3.63) is 24.0 Å². The van der Waals surface area contributed by atoms with Crippen molar-refractivity contribution >= 4 is 5.69 Å². The van der Waals surface area contributed by atoms with E-state index in [0.717, 1.165) is 25.1 Å². The summed E-state index contributed by atoms with van der Waals surface area (Å²) in [5, 5.41) is 3.45. The molecule has 1 aromatic heterocycles. The van der Waals surface area contributed by atoms with Gasteiger partial charge in [-0.1, -0.05) is 20.8 Å². The maximum atomic E-state index is 5.87. The number of nitrogens with two attached hydrogens (primary N) is 1. The minimum Gasteiger partial charge on any atom is -0.398 e. The van der Waals surface area contributed by atoms with E-state index in [-0.39, 0.29) is 0 Å². The lowest BCUT2D eigenvalue weighted by atomic mass is 10.0. The highest BCUT2D eigenvalue weighted by atomic mass is 14.9. The Bertz CT molecular complexity index is 310. The van der Waals surface area contributed by atoms with Crippen molar-refractivity contribution in [3.63, 3.8) is 0 Å². The molecule has 0 aromatic carbocycles. The first-order chi connectivity index (χ1) is 7.59. The topological polar surface area (TPSA) is 50.9 Å². The van der Waals surface area contributed by atoms with Crippen molar-refractivity contribution in [2.24, 2.45) is 5.92 Å². The number of aryl methyl sites for hydroxylation is 1. The minimum absolute atomic E-state index is 0.561. The van der Waals surface area contributed by atoms with E-state index in [2.05, 4.69) is 31.1 Å². The molecule has 3 nitrogen and oxygen atoms in total. The highest BCUT2D eigenvalue weighted by molar-refractivity contribution is 5.44. The van der Waals surface area contributed by atoms with E-state index >= 15 is 0 Å². The predicted octanol–water partition coefficient (Wildman–Crippen LogP) is 2.23. The summed E-state index contributed by atoms with van der Waals surface area (Å²) in [7, 11) is 0. The number of hydrogen-bond donors (Lipinski definition) is 2. The van der Waals surface area contributed by atoms with Crippen LogP contribution < -0.4 is 11.1 Å². The first-order valence-electron chi connectivity index (χ1n) is 6.01. The molecule has 0 saturated carbocycles. The number of rotatable bonds is 6. The van der Waals surface area contributed by atoms with Crippen LogP contribution in [-0.4, -0.2) is 17.6 Å². The Balaban J connectivity index is 2.31. The molecule has 1 heterocycles. The van der Waals surface area contributed by atoms with Crippen molar-refractivity contribution in [2.45, 2.75) is 39.7 Å². The van der Waals surface area contributed by atoms with Crippen molar-refractivity contribution in [1.82, 2.24) is 10.3 Å². The zero-order valence-corrected chi connectivity index (χ0v) is 10.5. The molecule has 0 saturated heterocycles. The molecular weight excluding hydrogens is 198 g/mol. The lowest BCUT2D eigenvalue weighted by molar-refractivity contribution is 0.454. The molecule has 3 heteroatoms. The summed E-state index contributed by atoms with van der Waals surface area (Å²) in [6.07, 6.45) is 5.77. The molecule has 1 unspecified atom stereocenters. The van der Waals surface area contributed by atoms with Gasteiger partial charge in [-0.15, -0.1) is 0 Å². The molecule has 1 atom stereocenters. The minimum atomic E-state index is 0.561. The van der Waals surface area contributed by atoms with Crippen molar-refractivity contribution in [1.29, 1.82) is 0 Å². The van der Waals surface area contributed by atoms with Crippen molar-refractivity contribution in [2.75, 3.05) is 12.3 Å². The van der Waals surface area contributed by atoms with Gasteiger partial charge in [-0.05, 0) is 36.9 Å². The smallest absolute Gasteiger partial charge is 0.0377 e. The third kappa shape index (κ3) is 4.62. The molecule has 90 valence electrons. The van der Waals surface area contributed by atoms with Gasteiger partial charge in [0.1, 0.15) is 0 Å². The number of hydrogen-bond acceptors (Lipinski definition) is 3. The van der Waals surface area contributed by atoms with Crippen molar-refractivity contribution < 1.29 is 0 Å². The maximum Gasteiger partial charge on any atom is 0.0377 e. The van der Waals surface area contributed by atoms with E-state index in [1.54, 1.807) is 6.20 Å². The summed E-state index contributed by atoms with van der Waals surface area (Å²) < 4.78 is 0. The third-order valence-electron chi connectivity index (χ3n) is 2.72. The Morgan fingerprint density at radius 1 is 1.38 bits per heavy atom. The number of aromatic nitrogens is 1. The zero-order chi connectivity index (χ0) is 12.0. The molecule has 0 amide bonds. The van der Waals surface area contributed by atoms with E-state index in [1.165, 1.54) is 5.56 Å². The standard InChI is InChI=1S/C13H23N3/c1-10(2)16-8-11(3)4-5-12-9-15-7-6-13(12)14/h6-7,9-11,16H,4-5,8H2,1-3H3,(H2,14,15). The van der Waals surface area contributed by atoms with E-state index in [1.807, 2.05) is 12.3 Å². The Labute approximate surface area is 98.5 Å². The fourth-order valence-corrected chi connectivity index (χ4v) is 1.59. The molecule has 0 aliphatic carbocycles. The van der Waals surface area contributed by atoms with Crippen LogP contribution in [0.15, 0.2) is 18.5 Å². The van der Waals surface area contributed by atoms with E-state index < -0.39 is 0 Å². The second kappa shape index (κ2) is 6.48. The molecule has 0 bridgehead atoms. The van der Waals surface area contributed by atoms with Gasteiger partial charge in [0.25, 0.3) is 0 Å². The molecule has 3 N–H and O–H groups in total. The highest BCUT2D eigenvalue weighted by Gasteiger charge is 2.05. The lowest BCUT2D eigenvalue weighted by Gasteiger charge is -2.15. The van der Waals surface area contributed by atoms with Crippen LogP contribution in [0.1, 0.15) is 32.8 Å². The van der Waals surface area contributed by atoms with Gasteiger partial charge in [0.15, 0.2) is 0 Å². The second-order valence-electron chi connectivity index (χ2n) is 4.78. The molecule has 0 fully saturated rings. The second-order valence-corrected chi connectivity index (χ2v) is 4.78. The van der Waals surface area contributed by atoms with Crippen LogP contribution >= 0.6 is 0 Å². The molecule has 16 heavy (non-hydrogen) atoms. The third-order valence-corrected chi connectivity index (χ3v) is 2.72. The van der Waals surface area contributed by atoms with E-state index in [0.29, 0.717) is 12.0 Å². The van der Waals surface area contributed by atoms with Crippen LogP contribution in [0, 0.1) is 5.92 Å². The average Bonchev–Trinajstić information content (AvgIpc) is 2.25. The summed E-state index contributed by atoms with van der Waals surface area (Å²) >= 11 is 0. The molecule has 0 radical (unpaired) electrons. The van der Waals surface area contributed by atoms with Gasteiger partial charge in [0.05, 0.1) is 0 Å². The highest BCUT2D eigenvalue weighted by Crippen LogP contribution is 2.14. The van der Waals surface area contributed by atoms with Gasteiger partial charge in [0, 0.05) is 24.1 Å². The first-order valence-corrected chi connectivity index (χ1v) is 6.01. The SMILES string of the molecule is CC(CCc1cnccc1N)CNC(C)C. The van der Waals surface area contributed by atoms with Crippen LogP contribution in [0.3, 0.4) is 0 Å². The normalized spacial score (nSPS) is 13.0. The number of anilines is 1. The van der Waals surface area contributed by atoms with Crippen LogP contribution in [0.4, 0.5) is 5.69 Å². The fourth-order valence-electron chi connectivity index (χ4n) is 1.59. The summed E-state index contributed by atoms with van der Waals surface area (Å²) in [4.78, 5) is 4.10. The molecular formula is C13H23N3.